The van der Waals surface area contributed by atoms with Gasteiger partial charge in [0, 0.05) is 14.1 Å². The van der Waals surface area contributed by atoms with Crippen LogP contribution in [0.4, 0.5) is 0 Å². The van der Waals surface area contributed by atoms with Gasteiger partial charge in [-0.25, -0.2) is 0 Å². The van der Waals surface area contributed by atoms with Gasteiger partial charge in [-0.1, -0.05) is 10.4 Å². The van der Waals surface area contributed by atoms with Crippen molar-refractivity contribution in [2.24, 2.45) is 10.4 Å². The highest BCUT2D eigenvalue weighted by Crippen LogP contribution is 1.88. The van der Waals surface area contributed by atoms with E-state index in [0.717, 1.165) is 0 Å². The maximum absolute atomic E-state index is 8.51. The Hall–Kier alpha value is -0.880. The number of aliphatic hydroxyl groups excluding tert-OH is 2. The lowest BCUT2D eigenvalue weighted by Crippen LogP contribution is -2.19. The van der Waals surface area contributed by atoms with E-state index in [0.29, 0.717) is 13.1 Å². The van der Waals surface area contributed by atoms with Gasteiger partial charge in [0.15, 0.2) is 0 Å². The Morgan fingerprint density at radius 1 is 0.917 bits per heavy atom. The number of hydrogen-bond donors (Lipinski definition) is 2. The molecule has 0 unspecified atom stereocenters. The first-order valence-electron chi connectivity index (χ1n) is 3.76. The molecule has 0 spiro atoms. The van der Waals surface area contributed by atoms with Crippen molar-refractivity contribution in [3.8, 4) is 0 Å². The van der Waals surface area contributed by atoms with E-state index in [-0.39, 0.29) is 13.2 Å². The monoisotopic (exact) mass is 176 g/mol. The van der Waals surface area contributed by atoms with Crippen LogP contribution >= 0.6 is 0 Å². The molecule has 0 rings (SSSR count). The van der Waals surface area contributed by atoms with Crippen molar-refractivity contribution in [1.29, 1.82) is 0 Å². The molecule has 6 heteroatoms. The number of nitrogens with zero attached hydrogens (tertiary/aromatic N) is 4. The van der Waals surface area contributed by atoms with Crippen LogP contribution in [0.2, 0.25) is 0 Å². The van der Waals surface area contributed by atoms with E-state index >= 15 is 0 Å². The van der Waals surface area contributed by atoms with Crippen LogP contribution < -0.4 is 0 Å². The fraction of sp³-hybridized carbons (Fsp3) is 1.00. The number of rotatable bonds is 6. The first kappa shape index (κ1) is 11.1. The van der Waals surface area contributed by atoms with Crippen molar-refractivity contribution in [3.05, 3.63) is 0 Å². The molecule has 0 amide bonds. The van der Waals surface area contributed by atoms with Crippen molar-refractivity contribution in [2.75, 3.05) is 40.4 Å². The number of hydrogen-bond acceptors (Lipinski definition) is 4. The van der Waals surface area contributed by atoms with E-state index < -0.39 is 0 Å². The summed E-state index contributed by atoms with van der Waals surface area (Å²) in [5.41, 5.74) is 0. The van der Waals surface area contributed by atoms with E-state index in [4.69, 9.17) is 10.2 Å². The minimum absolute atomic E-state index is 0.0548. The normalized spacial score (nSPS) is 10.7. The quantitative estimate of drug-likeness (QED) is 0.407. The minimum Gasteiger partial charge on any atom is -0.394 e. The third-order valence-electron chi connectivity index (χ3n) is 1.19. The molecule has 0 aromatic rings. The molecule has 0 aliphatic rings. The summed E-state index contributed by atoms with van der Waals surface area (Å²) in [5, 5.41) is 27.6. The van der Waals surface area contributed by atoms with Crippen LogP contribution in [-0.2, 0) is 0 Å². The SMILES string of the molecule is CN(CCO)N=NN(C)CCO. The van der Waals surface area contributed by atoms with E-state index in [1.807, 2.05) is 0 Å². The lowest BCUT2D eigenvalue weighted by atomic mass is 10.7. The topological polar surface area (TPSA) is 71.7 Å². The minimum atomic E-state index is 0.0548. The molecule has 2 N–H and O–H groups in total. The number of likely N-dealkylation sites (N-methyl/N-ethyl adjacent to an activating group) is 2. The summed E-state index contributed by atoms with van der Waals surface area (Å²) >= 11 is 0. The predicted octanol–water partition coefficient (Wildman–Crippen LogP) is -0.883. The average Bonchev–Trinajstić information content (AvgIpc) is 2.02. The largest absolute Gasteiger partial charge is 0.394 e. The summed E-state index contributed by atoms with van der Waals surface area (Å²) < 4.78 is 0. The Morgan fingerprint density at radius 2 is 1.25 bits per heavy atom. The molecule has 0 heterocycles. The molecule has 0 fully saturated rings. The first-order valence-corrected chi connectivity index (χ1v) is 3.76. The van der Waals surface area contributed by atoms with Crippen LogP contribution in [0.25, 0.3) is 0 Å². The van der Waals surface area contributed by atoms with Gasteiger partial charge in [-0.05, 0) is 0 Å². The molecule has 0 bridgehead atoms. The molecule has 0 saturated carbocycles. The lowest BCUT2D eigenvalue weighted by molar-refractivity contribution is 0.179. The molecule has 0 atom stereocenters. The van der Waals surface area contributed by atoms with E-state index in [2.05, 4.69) is 10.4 Å². The lowest BCUT2D eigenvalue weighted by Gasteiger charge is -2.12. The van der Waals surface area contributed by atoms with Gasteiger partial charge in [-0.15, -0.1) is 0 Å². The van der Waals surface area contributed by atoms with E-state index in [1.165, 1.54) is 10.0 Å². The summed E-state index contributed by atoms with van der Waals surface area (Å²) in [6.45, 7) is 1.02. The zero-order valence-electron chi connectivity index (χ0n) is 7.51. The van der Waals surface area contributed by atoms with Crippen molar-refractivity contribution in [3.63, 3.8) is 0 Å². The van der Waals surface area contributed by atoms with Gasteiger partial charge in [0.05, 0.1) is 26.3 Å². The fourth-order valence-corrected chi connectivity index (χ4v) is 0.515. The third kappa shape index (κ3) is 5.87. The highest BCUT2D eigenvalue weighted by molar-refractivity contribution is 4.39. The molecular formula is C6H16N4O2. The average molecular weight is 176 g/mol. The molecule has 72 valence electrons. The molecule has 0 aromatic carbocycles. The highest BCUT2D eigenvalue weighted by atomic mass is 16.3. The summed E-state index contributed by atoms with van der Waals surface area (Å²) in [6.07, 6.45) is 0. The van der Waals surface area contributed by atoms with Gasteiger partial charge in [0.1, 0.15) is 0 Å². The maximum Gasteiger partial charge on any atom is 0.0623 e. The van der Waals surface area contributed by atoms with Crippen LogP contribution in [0.15, 0.2) is 10.4 Å². The molecule has 0 radical (unpaired) electrons. The smallest absolute Gasteiger partial charge is 0.0623 e. The van der Waals surface area contributed by atoms with Crippen LogP contribution in [-0.4, -0.2) is 60.6 Å². The Bertz CT molecular complexity index is 117. The van der Waals surface area contributed by atoms with E-state index in [9.17, 15) is 0 Å². The highest BCUT2D eigenvalue weighted by Gasteiger charge is 1.92. The van der Waals surface area contributed by atoms with Crippen molar-refractivity contribution in [1.82, 2.24) is 10.0 Å². The zero-order valence-corrected chi connectivity index (χ0v) is 7.51. The maximum atomic E-state index is 8.51. The summed E-state index contributed by atoms with van der Waals surface area (Å²) in [7, 11) is 3.43. The molecule has 12 heavy (non-hydrogen) atoms. The first-order chi connectivity index (χ1) is 5.70. The van der Waals surface area contributed by atoms with Gasteiger partial charge in [-0.2, -0.15) is 0 Å². The second-order valence-electron chi connectivity index (χ2n) is 2.39. The Kier molecular flexibility index (Phi) is 6.31. The van der Waals surface area contributed by atoms with Gasteiger partial charge >= 0.3 is 0 Å². The second kappa shape index (κ2) is 6.81. The third-order valence-corrected chi connectivity index (χ3v) is 1.19. The van der Waals surface area contributed by atoms with Gasteiger partial charge in [-0.3, -0.25) is 10.0 Å². The van der Waals surface area contributed by atoms with E-state index in [1.54, 1.807) is 14.1 Å². The van der Waals surface area contributed by atoms with Crippen LogP contribution in [0.1, 0.15) is 0 Å². The molecule has 6 nitrogen and oxygen atoms in total. The molecule has 0 aliphatic heterocycles. The Balaban J connectivity index is 3.57. The van der Waals surface area contributed by atoms with Gasteiger partial charge in [0.25, 0.3) is 0 Å². The molecule has 0 aromatic heterocycles. The van der Waals surface area contributed by atoms with Crippen molar-refractivity contribution in [2.45, 2.75) is 0 Å². The number of aliphatic hydroxyl groups is 2. The molecular weight excluding hydrogens is 160 g/mol. The van der Waals surface area contributed by atoms with Crippen LogP contribution in [0.3, 0.4) is 0 Å². The molecule has 0 aliphatic carbocycles. The van der Waals surface area contributed by atoms with Gasteiger partial charge in [0.2, 0.25) is 0 Å². The summed E-state index contributed by atoms with van der Waals surface area (Å²) in [5.74, 6) is 0. The van der Waals surface area contributed by atoms with Crippen molar-refractivity contribution >= 4 is 0 Å². The Labute approximate surface area is 72.1 Å². The standard InChI is InChI=1S/C6H16N4O2/c1-9(3-5-11)7-8-10(2)4-6-12/h11-12H,3-6H2,1-2H3. The fourth-order valence-electron chi connectivity index (χ4n) is 0.515. The summed E-state index contributed by atoms with van der Waals surface area (Å²) in [6, 6.07) is 0. The Morgan fingerprint density at radius 3 is 1.50 bits per heavy atom. The zero-order chi connectivity index (χ0) is 9.40. The predicted molar refractivity (Wildman–Crippen MR) is 44.3 cm³/mol. The molecule has 0 saturated heterocycles. The van der Waals surface area contributed by atoms with Gasteiger partial charge < -0.3 is 10.2 Å². The second-order valence-corrected chi connectivity index (χ2v) is 2.39. The van der Waals surface area contributed by atoms with Crippen molar-refractivity contribution < 1.29 is 10.2 Å². The van der Waals surface area contributed by atoms with Crippen LogP contribution in [0, 0.1) is 0 Å². The summed E-state index contributed by atoms with van der Waals surface area (Å²) in [4.78, 5) is 0. The van der Waals surface area contributed by atoms with Crippen LogP contribution in [0.5, 0.6) is 0 Å².